The third-order valence-corrected chi connectivity index (χ3v) is 5.83. The summed E-state index contributed by atoms with van der Waals surface area (Å²) in [6, 6.07) is 1.95. The van der Waals surface area contributed by atoms with E-state index in [1.807, 2.05) is 13.8 Å². The van der Waals surface area contributed by atoms with Crippen LogP contribution in [0.1, 0.15) is 36.2 Å². The van der Waals surface area contributed by atoms with Crippen molar-refractivity contribution >= 4 is 16.0 Å². The number of carbonyl (C=O) groups is 1. The molecule has 0 saturated carbocycles. The predicted molar refractivity (Wildman–Crippen MR) is 79.8 cm³/mol. The molecule has 2 atom stereocenters. The number of hydrogen-bond donors (Lipinski definition) is 1. The molecule has 0 bridgehead atoms. The summed E-state index contributed by atoms with van der Waals surface area (Å²) < 4.78 is 40.6. The van der Waals surface area contributed by atoms with Crippen molar-refractivity contribution in [1.29, 1.82) is 0 Å². The Morgan fingerprint density at radius 2 is 1.82 bits per heavy atom. The molecule has 2 rings (SSSR count). The summed E-state index contributed by atoms with van der Waals surface area (Å²) in [6.07, 6.45) is 0.939. The fraction of sp³-hybridized carbons (Fsp3) is 0.533. The van der Waals surface area contributed by atoms with E-state index in [1.165, 1.54) is 11.2 Å². The molecule has 122 valence electrons. The number of halogens is 1. The molecule has 22 heavy (non-hydrogen) atoms. The van der Waals surface area contributed by atoms with Crippen LogP contribution < -0.4 is 0 Å². The summed E-state index contributed by atoms with van der Waals surface area (Å²) >= 11 is 0. The number of rotatable bonds is 3. The molecule has 1 aliphatic rings. The van der Waals surface area contributed by atoms with E-state index in [9.17, 15) is 17.6 Å². The van der Waals surface area contributed by atoms with Gasteiger partial charge in [0.25, 0.3) is 0 Å². The lowest BCUT2D eigenvalue weighted by molar-refractivity contribution is 0.0695. The first-order valence-electron chi connectivity index (χ1n) is 7.16. The van der Waals surface area contributed by atoms with Crippen LogP contribution in [0.15, 0.2) is 17.0 Å². The van der Waals surface area contributed by atoms with Gasteiger partial charge in [0.1, 0.15) is 5.82 Å². The number of carboxylic acid groups (broad SMARTS) is 1. The number of carboxylic acids is 1. The van der Waals surface area contributed by atoms with Gasteiger partial charge >= 0.3 is 5.97 Å². The van der Waals surface area contributed by atoms with Crippen LogP contribution in [0.4, 0.5) is 4.39 Å². The number of sulfonamides is 1. The SMILES string of the molecule is Cc1c(F)cc(S(=O)(=O)N2C[C@H](C)C[C@H](C)C2)cc1C(=O)O. The quantitative estimate of drug-likeness (QED) is 0.924. The van der Waals surface area contributed by atoms with E-state index in [-0.39, 0.29) is 27.9 Å². The highest BCUT2D eigenvalue weighted by molar-refractivity contribution is 7.89. The Balaban J connectivity index is 2.48. The summed E-state index contributed by atoms with van der Waals surface area (Å²) in [6.45, 7) is 5.99. The smallest absolute Gasteiger partial charge is 0.336 e. The molecule has 0 radical (unpaired) electrons. The molecular formula is C15H20FNO4S. The van der Waals surface area contributed by atoms with Gasteiger partial charge in [0.05, 0.1) is 10.5 Å². The normalized spacial score (nSPS) is 23.5. The van der Waals surface area contributed by atoms with Gasteiger partial charge in [0.2, 0.25) is 10.0 Å². The second-order valence-electron chi connectivity index (χ2n) is 6.15. The van der Waals surface area contributed by atoms with E-state index in [2.05, 4.69) is 0 Å². The summed E-state index contributed by atoms with van der Waals surface area (Å²) in [7, 11) is -3.89. The average Bonchev–Trinajstić information content (AvgIpc) is 2.40. The maximum Gasteiger partial charge on any atom is 0.336 e. The maximum atomic E-state index is 13.9. The molecule has 0 aromatic heterocycles. The number of nitrogens with zero attached hydrogens (tertiary/aromatic N) is 1. The van der Waals surface area contributed by atoms with Crippen molar-refractivity contribution in [2.75, 3.05) is 13.1 Å². The molecule has 1 heterocycles. The highest BCUT2D eigenvalue weighted by Crippen LogP contribution is 2.28. The van der Waals surface area contributed by atoms with E-state index in [0.717, 1.165) is 18.6 Å². The molecule has 0 aliphatic carbocycles. The van der Waals surface area contributed by atoms with Gasteiger partial charge in [-0.15, -0.1) is 0 Å². The monoisotopic (exact) mass is 329 g/mol. The number of piperidine rings is 1. The van der Waals surface area contributed by atoms with Crippen LogP contribution in [0.5, 0.6) is 0 Å². The van der Waals surface area contributed by atoms with Gasteiger partial charge in [0, 0.05) is 13.1 Å². The van der Waals surface area contributed by atoms with Crippen molar-refractivity contribution in [1.82, 2.24) is 4.31 Å². The fourth-order valence-corrected chi connectivity index (χ4v) is 4.69. The van der Waals surface area contributed by atoms with E-state index < -0.39 is 21.8 Å². The van der Waals surface area contributed by atoms with Gasteiger partial charge < -0.3 is 5.11 Å². The molecule has 0 spiro atoms. The van der Waals surface area contributed by atoms with Crippen molar-refractivity contribution in [3.8, 4) is 0 Å². The van der Waals surface area contributed by atoms with Crippen LogP contribution in [0.2, 0.25) is 0 Å². The molecule has 1 saturated heterocycles. The summed E-state index contributed by atoms with van der Waals surface area (Å²) in [4.78, 5) is 10.9. The van der Waals surface area contributed by atoms with Gasteiger partial charge in [-0.1, -0.05) is 13.8 Å². The third kappa shape index (κ3) is 3.15. The minimum absolute atomic E-state index is 0.0631. The van der Waals surface area contributed by atoms with E-state index in [1.54, 1.807) is 0 Å². The Labute approximate surface area is 129 Å². The molecule has 7 heteroatoms. The van der Waals surface area contributed by atoms with Crippen LogP contribution >= 0.6 is 0 Å². The lowest BCUT2D eigenvalue weighted by Crippen LogP contribution is -2.42. The Bertz CT molecular complexity index is 692. The highest BCUT2D eigenvalue weighted by atomic mass is 32.2. The van der Waals surface area contributed by atoms with Gasteiger partial charge in [-0.05, 0) is 42.9 Å². The van der Waals surface area contributed by atoms with Crippen molar-refractivity contribution in [2.24, 2.45) is 11.8 Å². The number of aromatic carboxylic acids is 1. The first kappa shape index (κ1) is 16.9. The zero-order valence-corrected chi connectivity index (χ0v) is 13.7. The van der Waals surface area contributed by atoms with Gasteiger partial charge in [0.15, 0.2) is 0 Å². The summed E-state index contributed by atoms with van der Waals surface area (Å²) in [5.41, 5.74) is -0.386. The van der Waals surface area contributed by atoms with Gasteiger partial charge in [-0.25, -0.2) is 17.6 Å². The fourth-order valence-electron chi connectivity index (χ4n) is 2.98. The van der Waals surface area contributed by atoms with E-state index in [4.69, 9.17) is 5.11 Å². The topological polar surface area (TPSA) is 74.7 Å². The molecule has 5 nitrogen and oxygen atoms in total. The Morgan fingerprint density at radius 1 is 1.27 bits per heavy atom. The standard InChI is InChI=1S/C15H20FNO4S/c1-9-4-10(2)8-17(7-9)22(20,21)12-5-13(15(18)19)11(3)14(16)6-12/h5-6,9-10H,4,7-8H2,1-3H3,(H,18,19)/t9-,10+. The molecule has 1 aromatic carbocycles. The molecule has 1 aromatic rings. The first-order valence-corrected chi connectivity index (χ1v) is 8.60. The summed E-state index contributed by atoms with van der Waals surface area (Å²) in [5, 5.41) is 9.10. The van der Waals surface area contributed by atoms with Crippen molar-refractivity contribution < 1.29 is 22.7 Å². The molecule has 1 aliphatic heterocycles. The molecular weight excluding hydrogens is 309 g/mol. The van der Waals surface area contributed by atoms with Gasteiger partial charge in [-0.3, -0.25) is 0 Å². The third-order valence-electron chi connectivity index (χ3n) is 4.02. The van der Waals surface area contributed by atoms with Crippen LogP contribution in [-0.4, -0.2) is 36.9 Å². The molecule has 0 amide bonds. The van der Waals surface area contributed by atoms with Crippen LogP contribution in [0, 0.1) is 24.6 Å². The number of hydrogen-bond acceptors (Lipinski definition) is 3. The zero-order chi connectivity index (χ0) is 16.7. The Hall–Kier alpha value is -1.47. The molecule has 1 N–H and O–H groups in total. The first-order chi connectivity index (χ1) is 10.1. The van der Waals surface area contributed by atoms with Crippen molar-refractivity contribution in [3.63, 3.8) is 0 Å². The van der Waals surface area contributed by atoms with Crippen molar-refractivity contribution in [3.05, 3.63) is 29.1 Å². The Kier molecular flexibility index (Phi) is 4.58. The van der Waals surface area contributed by atoms with E-state index in [0.29, 0.717) is 13.1 Å². The zero-order valence-electron chi connectivity index (χ0n) is 12.8. The second kappa shape index (κ2) is 5.96. The minimum atomic E-state index is -3.89. The van der Waals surface area contributed by atoms with Crippen LogP contribution in [0.3, 0.4) is 0 Å². The van der Waals surface area contributed by atoms with Gasteiger partial charge in [-0.2, -0.15) is 4.31 Å². The highest BCUT2D eigenvalue weighted by Gasteiger charge is 2.32. The Morgan fingerprint density at radius 3 is 2.32 bits per heavy atom. The predicted octanol–water partition coefficient (Wildman–Crippen LogP) is 2.50. The van der Waals surface area contributed by atoms with Crippen LogP contribution in [0.25, 0.3) is 0 Å². The van der Waals surface area contributed by atoms with Crippen molar-refractivity contribution in [2.45, 2.75) is 32.1 Å². The maximum absolute atomic E-state index is 13.9. The number of benzene rings is 1. The lowest BCUT2D eigenvalue weighted by atomic mass is 9.94. The molecule has 1 fully saturated rings. The molecule has 0 unspecified atom stereocenters. The second-order valence-corrected chi connectivity index (χ2v) is 8.09. The van der Waals surface area contributed by atoms with E-state index >= 15 is 0 Å². The largest absolute Gasteiger partial charge is 0.478 e. The average molecular weight is 329 g/mol. The summed E-state index contributed by atoms with van der Waals surface area (Å²) in [5.74, 6) is -1.73. The van der Waals surface area contributed by atoms with Crippen LogP contribution in [-0.2, 0) is 10.0 Å². The minimum Gasteiger partial charge on any atom is -0.478 e. The lowest BCUT2D eigenvalue weighted by Gasteiger charge is -2.34.